The Morgan fingerprint density at radius 1 is 0.867 bits per heavy atom. The van der Waals surface area contributed by atoms with Gasteiger partial charge in [-0.3, -0.25) is 9.59 Å². The molecule has 0 atom stereocenters. The zero-order chi connectivity index (χ0) is 22.3. The van der Waals surface area contributed by atoms with Crippen molar-refractivity contribution in [2.24, 2.45) is 5.73 Å². The fourth-order valence-electron chi connectivity index (χ4n) is 2.97. The van der Waals surface area contributed by atoms with Crippen molar-refractivity contribution in [3.8, 4) is 0 Å². The number of hydrogen-bond donors (Lipinski definition) is 1. The minimum atomic E-state index is -5.04. The molecule has 0 radical (unpaired) electrons. The molecule has 10 heteroatoms. The molecule has 0 bridgehead atoms. The van der Waals surface area contributed by atoms with Crippen LogP contribution in [0.2, 0.25) is 0 Å². The zero-order valence-corrected chi connectivity index (χ0v) is 15.3. The molecule has 2 N–H and O–H groups in total. The fourth-order valence-corrected chi connectivity index (χ4v) is 2.97. The lowest BCUT2D eigenvalue weighted by Gasteiger charge is -2.24. The molecular weight excluding hydrogens is 414 g/mol. The van der Waals surface area contributed by atoms with Gasteiger partial charge in [-0.1, -0.05) is 12.1 Å². The summed E-state index contributed by atoms with van der Waals surface area (Å²) in [5.74, 6) is -1.58. The first kappa shape index (κ1) is 21.7. The van der Waals surface area contributed by atoms with Crippen LogP contribution in [0.4, 0.5) is 26.3 Å². The lowest BCUT2D eigenvalue weighted by Crippen LogP contribution is -2.33. The van der Waals surface area contributed by atoms with Crippen molar-refractivity contribution in [3.05, 3.63) is 70.3 Å². The molecule has 0 spiro atoms. The Bertz CT molecular complexity index is 930. The summed E-state index contributed by atoms with van der Waals surface area (Å²) in [5.41, 5.74) is 2.19. The van der Waals surface area contributed by atoms with Gasteiger partial charge in [0.25, 0.3) is 5.91 Å². The Morgan fingerprint density at radius 3 is 1.77 bits per heavy atom. The standard InChI is InChI=1S/C20H16F6N2O2/c21-19(22,23)14-7-13(8-15(9-14)20(24,25)26)18(30)28(16-5-6-16)10-11-1-3-12(4-2-11)17(27)29/h1-4,7-9,16H,5-6,10H2,(H2,27,29). The van der Waals surface area contributed by atoms with E-state index in [1.54, 1.807) is 0 Å². The van der Waals surface area contributed by atoms with Gasteiger partial charge in [-0.25, -0.2) is 0 Å². The van der Waals surface area contributed by atoms with E-state index in [2.05, 4.69) is 0 Å². The van der Waals surface area contributed by atoms with Gasteiger partial charge in [-0.05, 0) is 48.7 Å². The number of nitrogens with two attached hydrogens (primary N) is 1. The molecule has 1 aliphatic rings. The minimum absolute atomic E-state index is 0.0131. The molecule has 0 heterocycles. The monoisotopic (exact) mass is 430 g/mol. The Labute approximate surface area is 167 Å². The molecule has 2 amide bonds. The molecule has 30 heavy (non-hydrogen) atoms. The Kier molecular flexibility index (Phi) is 5.53. The van der Waals surface area contributed by atoms with E-state index in [1.807, 2.05) is 0 Å². The van der Waals surface area contributed by atoms with Crippen LogP contribution in [0, 0.1) is 0 Å². The Hall–Kier alpha value is -3.04. The normalized spacial score (nSPS) is 14.5. The average Bonchev–Trinajstić information content (AvgIpc) is 3.49. The largest absolute Gasteiger partial charge is 0.416 e. The van der Waals surface area contributed by atoms with Gasteiger partial charge in [0.2, 0.25) is 5.91 Å². The highest BCUT2D eigenvalue weighted by molar-refractivity contribution is 5.95. The average molecular weight is 430 g/mol. The molecule has 2 aromatic rings. The van der Waals surface area contributed by atoms with E-state index in [-0.39, 0.29) is 24.2 Å². The number of carbonyl (C=O) groups is 2. The van der Waals surface area contributed by atoms with Crippen molar-refractivity contribution >= 4 is 11.8 Å². The second-order valence-corrected chi connectivity index (χ2v) is 7.02. The molecule has 160 valence electrons. The number of nitrogens with zero attached hydrogens (tertiary/aromatic N) is 1. The third-order valence-electron chi connectivity index (χ3n) is 4.67. The smallest absolute Gasteiger partial charge is 0.366 e. The van der Waals surface area contributed by atoms with Crippen LogP contribution < -0.4 is 5.73 Å². The molecular formula is C20H16F6N2O2. The molecule has 1 fully saturated rings. The van der Waals surface area contributed by atoms with Crippen molar-refractivity contribution in [2.45, 2.75) is 37.8 Å². The van der Waals surface area contributed by atoms with E-state index in [9.17, 15) is 35.9 Å². The third kappa shape index (κ3) is 4.92. The number of carbonyl (C=O) groups excluding carboxylic acids is 2. The first-order valence-corrected chi connectivity index (χ1v) is 8.85. The molecule has 0 unspecified atom stereocenters. The van der Waals surface area contributed by atoms with Gasteiger partial charge >= 0.3 is 12.4 Å². The number of alkyl halides is 6. The molecule has 1 aliphatic carbocycles. The first-order valence-electron chi connectivity index (χ1n) is 8.85. The predicted octanol–water partition coefficient (Wildman–Crippen LogP) is 4.63. The van der Waals surface area contributed by atoms with Crippen LogP contribution >= 0.6 is 0 Å². The summed E-state index contributed by atoms with van der Waals surface area (Å²) in [6.45, 7) is -0.0276. The van der Waals surface area contributed by atoms with Gasteiger partial charge in [0.05, 0.1) is 11.1 Å². The fraction of sp³-hybridized carbons (Fsp3) is 0.300. The second kappa shape index (κ2) is 7.66. The van der Waals surface area contributed by atoms with E-state index in [0.29, 0.717) is 30.5 Å². The summed E-state index contributed by atoms with van der Waals surface area (Å²) in [6, 6.07) is 6.48. The van der Waals surface area contributed by atoms with Crippen molar-refractivity contribution in [1.29, 1.82) is 0 Å². The maximum absolute atomic E-state index is 13.1. The van der Waals surface area contributed by atoms with Crippen molar-refractivity contribution in [1.82, 2.24) is 4.90 Å². The number of amides is 2. The Balaban J connectivity index is 1.94. The van der Waals surface area contributed by atoms with Crippen LogP contribution in [0.15, 0.2) is 42.5 Å². The highest BCUT2D eigenvalue weighted by Crippen LogP contribution is 2.37. The predicted molar refractivity (Wildman–Crippen MR) is 94.3 cm³/mol. The SMILES string of the molecule is NC(=O)c1ccc(CN(C(=O)c2cc(C(F)(F)F)cc(C(F)(F)F)c2)C2CC2)cc1. The maximum Gasteiger partial charge on any atom is 0.416 e. The zero-order valence-electron chi connectivity index (χ0n) is 15.3. The third-order valence-corrected chi connectivity index (χ3v) is 4.67. The number of rotatable bonds is 5. The highest BCUT2D eigenvalue weighted by atomic mass is 19.4. The number of hydrogen-bond acceptors (Lipinski definition) is 2. The molecule has 0 saturated heterocycles. The van der Waals surface area contributed by atoms with Gasteiger partial charge in [0, 0.05) is 23.7 Å². The quantitative estimate of drug-likeness (QED) is 0.704. The van der Waals surface area contributed by atoms with Crippen molar-refractivity contribution in [3.63, 3.8) is 0 Å². The maximum atomic E-state index is 13.1. The van der Waals surface area contributed by atoms with Crippen molar-refractivity contribution in [2.75, 3.05) is 0 Å². The minimum Gasteiger partial charge on any atom is -0.366 e. The summed E-state index contributed by atoms with van der Waals surface area (Å²) in [4.78, 5) is 25.3. The van der Waals surface area contributed by atoms with Crippen molar-refractivity contribution < 1.29 is 35.9 Å². The summed E-state index contributed by atoms with van der Waals surface area (Å²) in [7, 11) is 0. The number of benzene rings is 2. The van der Waals surface area contributed by atoms with Gasteiger partial charge in [-0.15, -0.1) is 0 Å². The van der Waals surface area contributed by atoms with E-state index >= 15 is 0 Å². The van der Waals surface area contributed by atoms with E-state index < -0.39 is 40.9 Å². The molecule has 4 nitrogen and oxygen atoms in total. The second-order valence-electron chi connectivity index (χ2n) is 7.02. The van der Waals surface area contributed by atoms with Crippen LogP contribution in [0.25, 0.3) is 0 Å². The van der Waals surface area contributed by atoms with Gasteiger partial charge in [-0.2, -0.15) is 26.3 Å². The summed E-state index contributed by atoms with van der Waals surface area (Å²) in [5, 5.41) is 0. The van der Waals surface area contributed by atoms with Crippen LogP contribution in [0.5, 0.6) is 0 Å². The van der Waals surface area contributed by atoms with Gasteiger partial charge in [0.1, 0.15) is 0 Å². The number of halogens is 6. The summed E-state index contributed by atoms with van der Waals surface area (Å²) >= 11 is 0. The van der Waals surface area contributed by atoms with E-state index in [4.69, 9.17) is 5.73 Å². The molecule has 2 aromatic carbocycles. The highest BCUT2D eigenvalue weighted by Gasteiger charge is 2.39. The van der Waals surface area contributed by atoms with Crippen LogP contribution in [0.1, 0.15) is 50.2 Å². The molecule has 0 aromatic heterocycles. The van der Waals surface area contributed by atoms with Gasteiger partial charge in [0.15, 0.2) is 0 Å². The molecule has 1 saturated carbocycles. The van der Waals surface area contributed by atoms with Gasteiger partial charge < -0.3 is 10.6 Å². The first-order chi connectivity index (χ1) is 13.9. The lowest BCUT2D eigenvalue weighted by molar-refractivity contribution is -0.143. The summed E-state index contributed by atoms with van der Waals surface area (Å²) in [6.07, 6.45) is -8.89. The molecule has 3 rings (SSSR count). The van der Waals surface area contributed by atoms with Crippen LogP contribution in [-0.4, -0.2) is 22.8 Å². The Morgan fingerprint density at radius 2 is 1.37 bits per heavy atom. The number of primary amides is 1. The topological polar surface area (TPSA) is 63.4 Å². The van der Waals surface area contributed by atoms with Crippen LogP contribution in [-0.2, 0) is 18.9 Å². The summed E-state index contributed by atoms with van der Waals surface area (Å²) < 4.78 is 78.5. The van der Waals surface area contributed by atoms with Crippen LogP contribution in [0.3, 0.4) is 0 Å². The lowest BCUT2D eigenvalue weighted by atomic mass is 10.0. The molecule has 0 aliphatic heterocycles. The van der Waals surface area contributed by atoms with E-state index in [1.165, 1.54) is 29.2 Å². The van der Waals surface area contributed by atoms with E-state index in [0.717, 1.165) is 0 Å².